The fraction of sp³-hybridized carbons (Fsp3) is 0.381. The highest BCUT2D eigenvalue weighted by Crippen LogP contribution is 2.30. The van der Waals surface area contributed by atoms with Gasteiger partial charge in [0.2, 0.25) is 0 Å². The molecule has 0 bridgehead atoms. The smallest absolute Gasteiger partial charge is 0.193 e. The molecule has 0 atom stereocenters. The molecular formula is C21H30IN3O4. The minimum absolute atomic E-state index is 0. The van der Waals surface area contributed by atoms with E-state index in [0.717, 1.165) is 16.7 Å². The van der Waals surface area contributed by atoms with Gasteiger partial charge in [0.25, 0.3) is 0 Å². The third-order valence-electron chi connectivity index (χ3n) is 4.55. The number of hydrogen-bond acceptors (Lipinski definition) is 5. The SMILES string of the molecule is CN=C(NCc1cc(OC)ccc1O)N(C)Cc1cc(OC)c(OC)cc1C.I. The molecule has 2 aromatic carbocycles. The van der Waals surface area contributed by atoms with E-state index in [1.54, 1.807) is 46.6 Å². The number of aryl methyl sites for hydroxylation is 1. The van der Waals surface area contributed by atoms with Gasteiger partial charge in [-0.25, -0.2) is 0 Å². The van der Waals surface area contributed by atoms with Crippen LogP contribution in [0.1, 0.15) is 16.7 Å². The normalized spacial score (nSPS) is 10.8. The molecule has 0 aromatic heterocycles. The first-order chi connectivity index (χ1) is 13.4. The Morgan fingerprint density at radius 3 is 2.28 bits per heavy atom. The van der Waals surface area contributed by atoms with Crippen molar-refractivity contribution in [3.05, 3.63) is 47.0 Å². The number of aromatic hydroxyl groups is 1. The van der Waals surface area contributed by atoms with E-state index in [1.165, 1.54) is 0 Å². The number of hydrogen-bond donors (Lipinski definition) is 2. The zero-order chi connectivity index (χ0) is 20.7. The molecule has 29 heavy (non-hydrogen) atoms. The zero-order valence-corrected chi connectivity index (χ0v) is 20.1. The van der Waals surface area contributed by atoms with Crippen LogP contribution in [-0.4, -0.2) is 51.4 Å². The zero-order valence-electron chi connectivity index (χ0n) is 17.8. The summed E-state index contributed by atoms with van der Waals surface area (Å²) >= 11 is 0. The highest BCUT2D eigenvalue weighted by atomic mass is 127. The lowest BCUT2D eigenvalue weighted by atomic mass is 10.1. The van der Waals surface area contributed by atoms with Crippen LogP contribution in [0.15, 0.2) is 35.3 Å². The Bertz CT molecular complexity index is 843. The predicted octanol–water partition coefficient (Wildman–Crippen LogP) is 3.55. The lowest BCUT2D eigenvalue weighted by Gasteiger charge is -2.24. The lowest BCUT2D eigenvalue weighted by Crippen LogP contribution is -2.38. The third-order valence-corrected chi connectivity index (χ3v) is 4.55. The first kappa shape index (κ1) is 24.7. The maximum atomic E-state index is 10.1. The molecule has 0 saturated carbocycles. The van der Waals surface area contributed by atoms with Crippen molar-refractivity contribution < 1.29 is 19.3 Å². The molecule has 7 nitrogen and oxygen atoms in total. The van der Waals surface area contributed by atoms with Gasteiger partial charge in [-0.15, -0.1) is 24.0 Å². The van der Waals surface area contributed by atoms with Crippen LogP contribution < -0.4 is 19.5 Å². The molecule has 0 fully saturated rings. The van der Waals surface area contributed by atoms with E-state index in [2.05, 4.69) is 10.3 Å². The summed E-state index contributed by atoms with van der Waals surface area (Å²) in [5.74, 6) is 3.01. The fourth-order valence-electron chi connectivity index (χ4n) is 2.91. The van der Waals surface area contributed by atoms with Gasteiger partial charge in [-0.05, 0) is 48.4 Å². The number of nitrogens with one attached hydrogen (secondary N) is 1. The van der Waals surface area contributed by atoms with E-state index < -0.39 is 0 Å². The van der Waals surface area contributed by atoms with Crippen LogP contribution in [0, 0.1) is 6.92 Å². The molecule has 0 saturated heterocycles. The second-order valence-electron chi connectivity index (χ2n) is 6.39. The Morgan fingerprint density at radius 1 is 1.03 bits per heavy atom. The van der Waals surface area contributed by atoms with Crippen LogP contribution in [-0.2, 0) is 13.1 Å². The standard InChI is InChI=1S/C21H29N3O4.HI/c1-14-9-19(27-5)20(28-6)11-16(14)13-24(3)21(22-2)23-12-15-10-17(26-4)7-8-18(15)25;/h7-11,25H,12-13H2,1-6H3,(H,22,23);1H. The summed E-state index contributed by atoms with van der Waals surface area (Å²) in [4.78, 5) is 6.35. The van der Waals surface area contributed by atoms with Crippen LogP contribution in [0.5, 0.6) is 23.0 Å². The van der Waals surface area contributed by atoms with Gasteiger partial charge in [-0.3, -0.25) is 4.99 Å². The Balaban J connectivity index is 0.00000420. The molecule has 0 heterocycles. The van der Waals surface area contributed by atoms with Gasteiger partial charge >= 0.3 is 0 Å². The van der Waals surface area contributed by atoms with Crippen molar-refractivity contribution in [2.45, 2.75) is 20.0 Å². The highest BCUT2D eigenvalue weighted by molar-refractivity contribution is 14.0. The maximum Gasteiger partial charge on any atom is 0.193 e. The number of rotatable bonds is 7. The molecule has 2 N–H and O–H groups in total. The second kappa shape index (κ2) is 11.6. The summed E-state index contributed by atoms with van der Waals surface area (Å²) in [5.41, 5.74) is 2.94. The van der Waals surface area contributed by atoms with Crippen molar-refractivity contribution in [2.24, 2.45) is 4.99 Å². The summed E-state index contributed by atoms with van der Waals surface area (Å²) in [7, 11) is 8.54. The second-order valence-corrected chi connectivity index (χ2v) is 6.39. The number of ether oxygens (including phenoxy) is 3. The number of guanidine groups is 1. The van der Waals surface area contributed by atoms with Crippen LogP contribution in [0.25, 0.3) is 0 Å². The minimum Gasteiger partial charge on any atom is -0.508 e. The van der Waals surface area contributed by atoms with Gasteiger partial charge < -0.3 is 29.5 Å². The third kappa shape index (κ3) is 6.31. The monoisotopic (exact) mass is 515 g/mol. The summed E-state index contributed by atoms with van der Waals surface area (Å²) < 4.78 is 16.0. The molecule has 0 amide bonds. The van der Waals surface area contributed by atoms with Crippen LogP contribution in [0.4, 0.5) is 0 Å². The van der Waals surface area contributed by atoms with Crippen molar-refractivity contribution in [3.63, 3.8) is 0 Å². The van der Waals surface area contributed by atoms with Crippen molar-refractivity contribution in [2.75, 3.05) is 35.4 Å². The number of methoxy groups -OCH3 is 3. The Hall–Kier alpha value is -2.36. The molecular weight excluding hydrogens is 485 g/mol. The first-order valence-electron chi connectivity index (χ1n) is 8.92. The largest absolute Gasteiger partial charge is 0.508 e. The van der Waals surface area contributed by atoms with Crippen molar-refractivity contribution >= 4 is 29.9 Å². The molecule has 2 rings (SSSR count). The average molecular weight is 515 g/mol. The number of phenols is 1. The topological polar surface area (TPSA) is 75.6 Å². The summed E-state index contributed by atoms with van der Waals surface area (Å²) in [5, 5.41) is 13.3. The Kier molecular flexibility index (Phi) is 9.87. The van der Waals surface area contributed by atoms with E-state index in [4.69, 9.17) is 14.2 Å². The first-order valence-corrected chi connectivity index (χ1v) is 8.92. The van der Waals surface area contributed by atoms with Crippen molar-refractivity contribution in [1.29, 1.82) is 0 Å². The molecule has 2 aromatic rings. The van der Waals surface area contributed by atoms with Crippen LogP contribution in [0.2, 0.25) is 0 Å². The van der Waals surface area contributed by atoms with Gasteiger partial charge in [0.15, 0.2) is 17.5 Å². The average Bonchev–Trinajstić information content (AvgIpc) is 2.70. The van der Waals surface area contributed by atoms with Gasteiger partial charge in [0.05, 0.1) is 21.3 Å². The van der Waals surface area contributed by atoms with Gasteiger partial charge in [-0.1, -0.05) is 0 Å². The van der Waals surface area contributed by atoms with Gasteiger partial charge in [0, 0.05) is 32.7 Å². The highest BCUT2D eigenvalue weighted by Gasteiger charge is 2.13. The Labute approximate surface area is 189 Å². The van der Waals surface area contributed by atoms with E-state index in [1.807, 2.05) is 31.0 Å². The van der Waals surface area contributed by atoms with E-state index >= 15 is 0 Å². The number of halogens is 1. The fourth-order valence-corrected chi connectivity index (χ4v) is 2.91. The molecule has 0 spiro atoms. The van der Waals surface area contributed by atoms with E-state index in [-0.39, 0.29) is 29.7 Å². The molecule has 0 unspecified atom stereocenters. The van der Waals surface area contributed by atoms with E-state index in [0.29, 0.717) is 36.3 Å². The number of phenolic OH excluding ortho intramolecular Hbond substituents is 1. The van der Waals surface area contributed by atoms with Gasteiger partial charge in [0.1, 0.15) is 11.5 Å². The molecule has 0 aliphatic carbocycles. The molecule has 8 heteroatoms. The van der Waals surface area contributed by atoms with Crippen molar-refractivity contribution in [1.82, 2.24) is 10.2 Å². The summed E-state index contributed by atoms with van der Waals surface area (Å²) in [6, 6.07) is 9.08. The molecule has 0 radical (unpaired) electrons. The number of nitrogens with zero attached hydrogens (tertiary/aromatic N) is 2. The number of benzene rings is 2. The van der Waals surface area contributed by atoms with E-state index in [9.17, 15) is 5.11 Å². The van der Waals surface area contributed by atoms with Crippen LogP contribution >= 0.6 is 24.0 Å². The molecule has 0 aliphatic heterocycles. The van der Waals surface area contributed by atoms with Crippen LogP contribution in [0.3, 0.4) is 0 Å². The van der Waals surface area contributed by atoms with Gasteiger partial charge in [-0.2, -0.15) is 0 Å². The molecule has 160 valence electrons. The number of aliphatic imine (C=N–C) groups is 1. The predicted molar refractivity (Wildman–Crippen MR) is 126 cm³/mol. The lowest BCUT2D eigenvalue weighted by molar-refractivity contribution is 0.353. The molecule has 0 aliphatic rings. The minimum atomic E-state index is 0. The summed E-state index contributed by atoms with van der Waals surface area (Å²) in [6.07, 6.45) is 0. The summed E-state index contributed by atoms with van der Waals surface area (Å²) in [6.45, 7) is 3.09. The maximum absolute atomic E-state index is 10.1. The van der Waals surface area contributed by atoms with Crippen molar-refractivity contribution in [3.8, 4) is 23.0 Å². The quantitative estimate of drug-likeness (QED) is 0.334. The Morgan fingerprint density at radius 2 is 1.69 bits per heavy atom.